The fraction of sp³-hybridized carbons (Fsp3) is 0.261. The number of nitrogens with one attached hydrogen (secondary N) is 1. The number of benzene rings is 3. The Kier molecular flexibility index (Phi) is 5.95. The third kappa shape index (κ3) is 4.02. The minimum absolute atomic E-state index is 0.149. The molecule has 0 bridgehead atoms. The van der Waals surface area contributed by atoms with Gasteiger partial charge >= 0.3 is 0 Å². The zero-order valence-electron chi connectivity index (χ0n) is 16.6. The summed E-state index contributed by atoms with van der Waals surface area (Å²) in [6.45, 7) is 2.98. The van der Waals surface area contributed by atoms with Crippen LogP contribution < -0.4 is 5.32 Å². The molecule has 30 heavy (non-hydrogen) atoms. The predicted octanol–water partition coefficient (Wildman–Crippen LogP) is 4.88. The number of carbonyl (C=O) groups excluding carboxylic acids is 1. The third-order valence-electron chi connectivity index (χ3n) is 5.52. The Morgan fingerprint density at radius 1 is 1.03 bits per heavy atom. The molecule has 0 spiro atoms. The summed E-state index contributed by atoms with van der Waals surface area (Å²) < 4.78 is 27.8. The Morgan fingerprint density at radius 3 is 2.50 bits per heavy atom. The summed E-state index contributed by atoms with van der Waals surface area (Å²) in [7, 11) is -3.59. The fourth-order valence-corrected chi connectivity index (χ4v) is 5.87. The van der Waals surface area contributed by atoms with Crippen molar-refractivity contribution in [3.8, 4) is 0 Å². The van der Waals surface area contributed by atoms with Gasteiger partial charge in [0.05, 0.1) is 16.5 Å². The normalized spacial score (nSPS) is 15.9. The maximum atomic E-state index is 13.0. The van der Waals surface area contributed by atoms with Crippen LogP contribution in [0.15, 0.2) is 70.0 Å². The van der Waals surface area contributed by atoms with Crippen molar-refractivity contribution in [1.82, 2.24) is 9.62 Å². The molecule has 156 valence electrons. The lowest BCUT2D eigenvalue weighted by molar-refractivity contribution is 0.0939. The van der Waals surface area contributed by atoms with Gasteiger partial charge in [-0.05, 0) is 70.2 Å². The van der Waals surface area contributed by atoms with Gasteiger partial charge < -0.3 is 5.32 Å². The highest BCUT2D eigenvalue weighted by Gasteiger charge is 2.28. The Balaban J connectivity index is 1.61. The average Bonchev–Trinajstić information content (AvgIpc) is 3.29. The molecule has 1 N–H and O–H groups in total. The number of hydrogen-bond acceptors (Lipinski definition) is 3. The molecule has 1 heterocycles. The number of sulfonamides is 1. The van der Waals surface area contributed by atoms with E-state index < -0.39 is 10.0 Å². The minimum Gasteiger partial charge on any atom is -0.345 e. The second kappa shape index (κ2) is 8.49. The van der Waals surface area contributed by atoms with E-state index in [9.17, 15) is 13.2 Å². The van der Waals surface area contributed by atoms with Gasteiger partial charge in [0.25, 0.3) is 5.91 Å². The first-order chi connectivity index (χ1) is 14.4. The monoisotopic (exact) mass is 486 g/mol. The lowest BCUT2D eigenvalue weighted by atomic mass is 9.99. The molecule has 5 nitrogen and oxygen atoms in total. The molecule has 1 fully saturated rings. The number of rotatable bonds is 5. The second-order valence-electron chi connectivity index (χ2n) is 7.52. The van der Waals surface area contributed by atoms with E-state index >= 15 is 0 Å². The molecule has 7 heteroatoms. The Hall–Kier alpha value is -2.22. The van der Waals surface area contributed by atoms with Crippen LogP contribution in [0.1, 0.15) is 41.7 Å². The summed E-state index contributed by atoms with van der Waals surface area (Å²) in [5.41, 5.74) is 1.32. The first kappa shape index (κ1) is 21.0. The van der Waals surface area contributed by atoms with Crippen LogP contribution in [0.5, 0.6) is 0 Å². The largest absolute Gasteiger partial charge is 0.345 e. The maximum Gasteiger partial charge on any atom is 0.252 e. The summed E-state index contributed by atoms with van der Waals surface area (Å²) in [6, 6.07) is 18.4. The van der Waals surface area contributed by atoms with Gasteiger partial charge in [-0.15, -0.1) is 0 Å². The first-order valence-corrected chi connectivity index (χ1v) is 12.2. The lowest BCUT2D eigenvalue weighted by Gasteiger charge is -2.19. The molecule has 1 atom stereocenters. The summed E-state index contributed by atoms with van der Waals surface area (Å²) in [5, 5.41) is 5.20. The highest BCUT2D eigenvalue weighted by atomic mass is 79.9. The third-order valence-corrected chi connectivity index (χ3v) is 8.11. The van der Waals surface area contributed by atoms with E-state index in [1.54, 1.807) is 12.1 Å². The number of nitrogens with zero attached hydrogens (tertiary/aromatic N) is 1. The summed E-state index contributed by atoms with van der Waals surface area (Å²) >= 11 is 3.40. The predicted molar refractivity (Wildman–Crippen MR) is 122 cm³/mol. The summed E-state index contributed by atoms with van der Waals surface area (Å²) in [6.07, 6.45) is 1.73. The molecule has 0 aliphatic carbocycles. The fourth-order valence-electron chi connectivity index (χ4n) is 3.90. The van der Waals surface area contributed by atoms with E-state index in [0.717, 1.165) is 29.2 Å². The van der Waals surface area contributed by atoms with Gasteiger partial charge in [-0.2, -0.15) is 4.31 Å². The van der Waals surface area contributed by atoms with Gasteiger partial charge in [-0.1, -0.05) is 42.5 Å². The standard InChI is InChI=1S/C23H23BrN2O3S/c1-16(19-10-6-8-17-7-2-3-9-20(17)19)25-23(27)21-15-18(11-12-22(21)24)30(28,29)26-13-4-5-14-26/h2-3,6-12,15-16H,4-5,13-14H2,1H3,(H,25,27). The van der Waals surface area contributed by atoms with Crippen LogP contribution >= 0.6 is 15.9 Å². The van der Waals surface area contributed by atoms with Gasteiger partial charge in [0.2, 0.25) is 10.0 Å². The van der Waals surface area contributed by atoms with E-state index in [4.69, 9.17) is 0 Å². The van der Waals surface area contributed by atoms with E-state index in [0.29, 0.717) is 23.1 Å². The topological polar surface area (TPSA) is 66.5 Å². The van der Waals surface area contributed by atoms with Crippen molar-refractivity contribution in [2.45, 2.75) is 30.7 Å². The van der Waals surface area contributed by atoms with E-state index in [1.807, 2.05) is 49.4 Å². The average molecular weight is 487 g/mol. The highest BCUT2D eigenvalue weighted by Crippen LogP contribution is 2.28. The van der Waals surface area contributed by atoms with Gasteiger partial charge in [0.15, 0.2) is 0 Å². The van der Waals surface area contributed by atoms with Gasteiger partial charge in [0, 0.05) is 17.6 Å². The van der Waals surface area contributed by atoms with Crippen molar-refractivity contribution in [3.05, 3.63) is 76.3 Å². The molecule has 3 aromatic rings. The lowest BCUT2D eigenvalue weighted by Crippen LogP contribution is -2.29. The first-order valence-electron chi connectivity index (χ1n) is 9.96. The van der Waals surface area contributed by atoms with Crippen LogP contribution in [-0.2, 0) is 10.0 Å². The molecule has 1 saturated heterocycles. The van der Waals surface area contributed by atoms with Crippen molar-refractivity contribution >= 4 is 42.6 Å². The molecule has 1 aliphatic rings. The quantitative estimate of drug-likeness (QED) is 0.558. The highest BCUT2D eigenvalue weighted by molar-refractivity contribution is 9.10. The molecule has 4 rings (SSSR count). The van der Waals surface area contributed by atoms with Crippen LogP contribution in [0, 0.1) is 0 Å². The Labute approximate surface area is 185 Å². The Morgan fingerprint density at radius 2 is 1.73 bits per heavy atom. The van der Waals surface area contributed by atoms with E-state index in [2.05, 4.69) is 21.2 Å². The number of carbonyl (C=O) groups is 1. The minimum atomic E-state index is -3.59. The van der Waals surface area contributed by atoms with Gasteiger partial charge in [-0.3, -0.25) is 4.79 Å². The van der Waals surface area contributed by atoms with Crippen molar-refractivity contribution in [2.24, 2.45) is 0 Å². The molecular weight excluding hydrogens is 464 g/mol. The van der Waals surface area contributed by atoms with Crippen LogP contribution in [0.2, 0.25) is 0 Å². The maximum absolute atomic E-state index is 13.0. The van der Waals surface area contributed by atoms with E-state index in [1.165, 1.54) is 10.4 Å². The number of hydrogen-bond donors (Lipinski definition) is 1. The van der Waals surface area contributed by atoms with Crippen molar-refractivity contribution in [2.75, 3.05) is 13.1 Å². The number of fused-ring (bicyclic) bond motifs is 1. The smallest absolute Gasteiger partial charge is 0.252 e. The number of amides is 1. The van der Waals surface area contributed by atoms with Crippen LogP contribution in [-0.4, -0.2) is 31.7 Å². The SMILES string of the molecule is CC(NC(=O)c1cc(S(=O)(=O)N2CCCC2)ccc1Br)c1cccc2ccccc12. The molecule has 0 aromatic heterocycles. The van der Waals surface area contributed by atoms with Crippen molar-refractivity contribution in [3.63, 3.8) is 0 Å². The van der Waals surface area contributed by atoms with Gasteiger partial charge in [0.1, 0.15) is 0 Å². The van der Waals surface area contributed by atoms with Crippen molar-refractivity contribution < 1.29 is 13.2 Å². The van der Waals surface area contributed by atoms with Crippen LogP contribution in [0.4, 0.5) is 0 Å². The van der Waals surface area contributed by atoms with E-state index in [-0.39, 0.29) is 16.8 Å². The molecule has 0 radical (unpaired) electrons. The molecule has 0 saturated carbocycles. The number of halogens is 1. The van der Waals surface area contributed by atoms with Crippen molar-refractivity contribution in [1.29, 1.82) is 0 Å². The van der Waals surface area contributed by atoms with Crippen LogP contribution in [0.25, 0.3) is 10.8 Å². The molecule has 1 unspecified atom stereocenters. The summed E-state index contributed by atoms with van der Waals surface area (Å²) in [5.74, 6) is -0.319. The molecule has 3 aromatic carbocycles. The van der Waals surface area contributed by atoms with Gasteiger partial charge in [-0.25, -0.2) is 8.42 Å². The molecule has 1 amide bonds. The Bertz CT molecular complexity index is 1200. The molecule has 1 aliphatic heterocycles. The van der Waals surface area contributed by atoms with Crippen LogP contribution in [0.3, 0.4) is 0 Å². The zero-order valence-corrected chi connectivity index (χ0v) is 19.0. The molecular formula is C23H23BrN2O3S. The summed E-state index contributed by atoms with van der Waals surface area (Å²) in [4.78, 5) is 13.2. The second-order valence-corrected chi connectivity index (χ2v) is 10.3. The zero-order chi connectivity index (χ0) is 21.3.